The largest absolute Gasteiger partial charge is 0.463 e. The van der Waals surface area contributed by atoms with Gasteiger partial charge >= 0.3 is 5.97 Å². The van der Waals surface area contributed by atoms with Crippen LogP contribution in [0.25, 0.3) is 0 Å². The van der Waals surface area contributed by atoms with Crippen LogP contribution in [0.2, 0.25) is 0 Å². The Hall–Kier alpha value is -3.59. The number of ether oxygens (including phenoxy) is 3. The Morgan fingerprint density at radius 2 is 1.20 bits per heavy atom. The number of hydrogen-bond acceptors (Lipinski definition) is 7. The van der Waals surface area contributed by atoms with Gasteiger partial charge in [0.05, 0.1) is 6.10 Å². The van der Waals surface area contributed by atoms with Crippen LogP contribution in [0.4, 0.5) is 0 Å². The molecule has 6 unspecified atom stereocenters. The molecule has 66 heavy (non-hydrogen) atoms. The zero-order chi connectivity index (χ0) is 48.9. The third-order valence-electron chi connectivity index (χ3n) is 13.4. The minimum atomic E-state index is -1.49. The van der Waals surface area contributed by atoms with Crippen molar-refractivity contribution in [2.75, 3.05) is 6.61 Å². The van der Waals surface area contributed by atoms with Gasteiger partial charge in [0.1, 0.15) is 31.0 Å². The van der Waals surface area contributed by atoms with Crippen molar-refractivity contribution in [2.45, 2.75) is 210 Å². The van der Waals surface area contributed by atoms with E-state index in [2.05, 4.69) is 168 Å². The van der Waals surface area contributed by atoms with Crippen molar-refractivity contribution in [3.63, 3.8) is 0 Å². The molecule has 1 heterocycles. The van der Waals surface area contributed by atoms with Gasteiger partial charge in [0.2, 0.25) is 0 Å². The Morgan fingerprint density at radius 1 is 0.682 bits per heavy atom. The van der Waals surface area contributed by atoms with Crippen LogP contribution < -0.4 is 0 Å². The molecule has 0 aromatic carbocycles. The van der Waals surface area contributed by atoms with Crippen LogP contribution in [-0.4, -0.2) is 64.7 Å². The van der Waals surface area contributed by atoms with E-state index in [1.807, 2.05) is 0 Å². The molecule has 3 N–H and O–H groups in total. The van der Waals surface area contributed by atoms with Gasteiger partial charge in [-0.3, -0.25) is 4.79 Å². The lowest BCUT2D eigenvalue weighted by Gasteiger charge is -2.43. The van der Waals surface area contributed by atoms with Gasteiger partial charge in [-0.15, -0.1) is 0 Å². The maximum atomic E-state index is 12.5. The molecule has 0 spiro atoms. The minimum absolute atomic E-state index is 0.220. The van der Waals surface area contributed by atoms with Gasteiger partial charge in [0.15, 0.2) is 6.29 Å². The molecule has 368 valence electrons. The molecule has 0 radical (unpaired) electrons. The average Bonchev–Trinajstić information content (AvgIpc) is 3.23. The van der Waals surface area contributed by atoms with Crippen LogP contribution in [0.15, 0.2) is 130 Å². The first-order valence-corrected chi connectivity index (χ1v) is 25.2. The van der Waals surface area contributed by atoms with Crippen molar-refractivity contribution in [1.29, 1.82) is 0 Å². The van der Waals surface area contributed by atoms with E-state index in [4.69, 9.17) is 14.2 Å². The predicted molar refractivity (Wildman–Crippen MR) is 276 cm³/mol. The maximum absolute atomic E-state index is 12.5. The lowest BCUT2D eigenvalue weighted by atomic mass is 9.71. The fourth-order valence-electron chi connectivity index (χ4n) is 9.33. The second kappa shape index (κ2) is 28.7. The molecular weight excluding hydrogens is 821 g/mol. The van der Waals surface area contributed by atoms with Gasteiger partial charge in [0, 0.05) is 6.42 Å². The van der Waals surface area contributed by atoms with E-state index in [0.29, 0.717) is 19.3 Å². The van der Waals surface area contributed by atoms with Crippen molar-refractivity contribution in [3.05, 3.63) is 130 Å². The molecule has 3 aliphatic rings. The number of allylic oxidation sites excluding steroid dienone is 21. The Bertz CT molecular complexity index is 1890. The Balaban J connectivity index is 1.47. The SMILES string of the molecule is CC(C=CC=C(C)C=CC1=C(C)CCCC1(C)C)=CC=CC=C(C)C=CC=C(C)C=CC1=C(C)CC(OC2OC(COC(=O)CCCCCCCCCC(C)C)C(O)C(O)C2O)CC1(C)C. The number of esters is 1. The summed E-state index contributed by atoms with van der Waals surface area (Å²) in [4.78, 5) is 12.5. The molecule has 2 aliphatic carbocycles. The van der Waals surface area contributed by atoms with E-state index in [1.165, 1.54) is 84.8 Å². The first-order valence-electron chi connectivity index (χ1n) is 25.2. The summed E-state index contributed by atoms with van der Waals surface area (Å²) >= 11 is 0. The molecule has 1 fully saturated rings. The third kappa shape index (κ3) is 20.3. The summed E-state index contributed by atoms with van der Waals surface area (Å²) in [6.07, 6.45) is 37.6. The molecule has 6 atom stereocenters. The summed E-state index contributed by atoms with van der Waals surface area (Å²) < 4.78 is 17.7. The molecule has 1 aliphatic heterocycles. The zero-order valence-corrected chi connectivity index (χ0v) is 43.2. The minimum Gasteiger partial charge on any atom is -0.463 e. The molecule has 0 amide bonds. The molecular formula is C59H90O7. The van der Waals surface area contributed by atoms with E-state index >= 15 is 0 Å². The highest BCUT2D eigenvalue weighted by Crippen LogP contribution is 2.43. The van der Waals surface area contributed by atoms with E-state index in [1.54, 1.807) is 0 Å². The molecule has 7 nitrogen and oxygen atoms in total. The second-order valence-electron chi connectivity index (χ2n) is 21.2. The Morgan fingerprint density at radius 3 is 1.74 bits per heavy atom. The van der Waals surface area contributed by atoms with E-state index in [9.17, 15) is 20.1 Å². The highest BCUT2D eigenvalue weighted by molar-refractivity contribution is 5.69. The first kappa shape index (κ1) is 56.7. The topological polar surface area (TPSA) is 105 Å². The quantitative estimate of drug-likeness (QED) is 0.0503. The number of aliphatic hydroxyl groups is 3. The zero-order valence-electron chi connectivity index (χ0n) is 43.2. The molecule has 1 saturated heterocycles. The molecule has 7 heteroatoms. The first-order chi connectivity index (χ1) is 31.2. The number of carbonyl (C=O) groups excluding carboxylic acids is 1. The number of aliphatic hydroxyl groups excluding tert-OH is 3. The lowest BCUT2D eigenvalue weighted by Crippen LogP contribution is -2.60. The van der Waals surface area contributed by atoms with Gasteiger partial charge in [-0.1, -0.05) is 205 Å². The number of carbonyl (C=O) groups is 1. The second-order valence-corrected chi connectivity index (χ2v) is 21.2. The van der Waals surface area contributed by atoms with Crippen molar-refractivity contribution >= 4 is 5.97 Å². The summed E-state index contributed by atoms with van der Waals surface area (Å²) in [7, 11) is 0. The fourth-order valence-corrected chi connectivity index (χ4v) is 9.33. The van der Waals surface area contributed by atoms with Crippen LogP contribution in [0.1, 0.15) is 173 Å². The fraction of sp³-hybridized carbons (Fsp3) is 0.610. The number of unbranched alkanes of at least 4 members (excludes halogenated alkanes) is 6. The summed E-state index contributed by atoms with van der Waals surface area (Å²) in [6.45, 7) is 26.2. The standard InChI is InChI=1S/C59H90O7/c1-42(2)25-18-16-14-13-15-17-19-33-53(60)64-41-52-54(61)55(62)56(63)57(66-52)65-49-39-48(8)51(59(11,12)40-49)37-35-46(6)31-23-29-44(4)27-21-20-26-43(3)28-22-30-45(5)34-36-50-47(7)32-24-38-58(50,9)10/h20-23,26-31,34-37,42,49,52,54-57,61-63H,13-19,24-25,32-33,38-41H2,1-12H3. The summed E-state index contributed by atoms with van der Waals surface area (Å²) in [5.41, 5.74) is 10.2. The van der Waals surface area contributed by atoms with E-state index in [0.717, 1.165) is 36.3 Å². The molecule has 0 aromatic rings. The summed E-state index contributed by atoms with van der Waals surface area (Å²) in [5.74, 6) is 0.404. The molecule has 0 bridgehead atoms. The van der Waals surface area contributed by atoms with Gasteiger partial charge in [-0.05, 0) is 108 Å². The Kier molecular flexibility index (Phi) is 24.6. The van der Waals surface area contributed by atoms with Crippen molar-refractivity contribution < 1.29 is 34.3 Å². The van der Waals surface area contributed by atoms with Crippen molar-refractivity contribution in [3.8, 4) is 0 Å². The van der Waals surface area contributed by atoms with Crippen LogP contribution in [-0.2, 0) is 19.0 Å². The maximum Gasteiger partial charge on any atom is 0.305 e. The van der Waals surface area contributed by atoms with Gasteiger partial charge in [-0.25, -0.2) is 0 Å². The number of hydrogen-bond donors (Lipinski definition) is 3. The van der Waals surface area contributed by atoms with Crippen molar-refractivity contribution in [1.82, 2.24) is 0 Å². The van der Waals surface area contributed by atoms with Gasteiger partial charge in [-0.2, -0.15) is 0 Å². The van der Waals surface area contributed by atoms with E-state index in [-0.39, 0.29) is 29.5 Å². The van der Waals surface area contributed by atoms with Crippen LogP contribution in [0.5, 0.6) is 0 Å². The monoisotopic (exact) mass is 911 g/mol. The molecule has 0 aromatic heterocycles. The van der Waals surface area contributed by atoms with Crippen LogP contribution in [0, 0.1) is 16.7 Å². The van der Waals surface area contributed by atoms with Gasteiger partial charge in [0.25, 0.3) is 0 Å². The highest BCUT2D eigenvalue weighted by atomic mass is 16.7. The highest BCUT2D eigenvalue weighted by Gasteiger charge is 2.46. The smallest absolute Gasteiger partial charge is 0.305 e. The van der Waals surface area contributed by atoms with Crippen molar-refractivity contribution in [2.24, 2.45) is 16.7 Å². The van der Waals surface area contributed by atoms with Gasteiger partial charge < -0.3 is 29.5 Å². The lowest BCUT2D eigenvalue weighted by molar-refractivity contribution is -0.313. The Labute approximate surface area is 401 Å². The summed E-state index contributed by atoms with van der Waals surface area (Å²) in [6, 6.07) is 0. The van der Waals surface area contributed by atoms with E-state index < -0.39 is 30.7 Å². The third-order valence-corrected chi connectivity index (χ3v) is 13.4. The predicted octanol–water partition coefficient (Wildman–Crippen LogP) is 14.1. The normalized spacial score (nSPS) is 26.2. The number of rotatable bonds is 24. The summed E-state index contributed by atoms with van der Waals surface area (Å²) in [5, 5.41) is 32.2. The van der Waals surface area contributed by atoms with Crippen LogP contribution in [0.3, 0.4) is 0 Å². The van der Waals surface area contributed by atoms with Crippen LogP contribution >= 0.6 is 0 Å². The average molecular weight is 911 g/mol. The molecule has 3 rings (SSSR count). The molecule has 0 saturated carbocycles.